The summed E-state index contributed by atoms with van der Waals surface area (Å²) < 4.78 is 0. The molecule has 0 N–H and O–H groups in total. The zero-order valence-corrected chi connectivity index (χ0v) is 17.8. The maximum Gasteiger partial charge on any atom is 0.0866 e. The van der Waals surface area contributed by atoms with Crippen molar-refractivity contribution in [2.75, 3.05) is 0 Å². The Morgan fingerprint density at radius 1 is 0.773 bits per heavy atom. The fourth-order valence-corrected chi connectivity index (χ4v) is 11.9. The van der Waals surface area contributed by atoms with Gasteiger partial charge in [0.15, 0.2) is 0 Å². The van der Waals surface area contributed by atoms with E-state index in [-0.39, 0.29) is 0 Å². The summed E-state index contributed by atoms with van der Waals surface area (Å²) >= 11 is 0. The summed E-state index contributed by atoms with van der Waals surface area (Å²) in [4.78, 5) is 0. The van der Waals surface area contributed by atoms with Crippen LogP contribution in [0.25, 0.3) is 6.08 Å². The average molecular weight is 333 g/mol. The fraction of sp³-hybridized carbons (Fsp3) is 0.600. The summed E-state index contributed by atoms with van der Waals surface area (Å²) in [7, 11) is -2.65. The van der Waals surface area contributed by atoms with Gasteiger partial charge in [0, 0.05) is 0 Å². The van der Waals surface area contributed by atoms with Gasteiger partial charge in [0.25, 0.3) is 0 Å². The van der Waals surface area contributed by atoms with Crippen LogP contribution in [0, 0.1) is 0 Å². The van der Waals surface area contributed by atoms with E-state index in [1.165, 1.54) is 41.8 Å². The van der Waals surface area contributed by atoms with Crippen molar-refractivity contribution < 1.29 is 0 Å². The molecule has 124 valence electrons. The van der Waals surface area contributed by atoms with E-state index < -0.39 is 16.1 Å². The second-order valence-electron chi connectivity index (χ2n) is 6.69. The lowest BCUT2D eigenvalue weighted by atomic mass is 10.2. The van der Waals surface area contributed by atoms with Gasteiger partial charge in [-0.3, -0.25) is 0 Å². The van der Waals surface area contributed by atoms with Crippen LogP contribution in [0.1, 0.15) is 47.1 Å². The minimum absolute atomic E-state index is 1.29. The van der Waals surface area contributed by atoms with Crippen molar-refractivity contribution in [3.05, 3.63) is 30.3 Å². The third-order valence-corrected chi connectivity index (χ3v) is 17.8. The first-order valence-corrected chi connectivity index (χ1v) is 14.5. The van der Waals surface area contributed by atoms with Gasteiger partial charge in [0.1, 0.15) is 0 Å². The molecule has 1 rings (SSSR count). The number of benzene rings is 1. The van der Waals surface area contributed by atoms with Crippen molar-refractivity contribution >= 4 is 32.6 Å². The second kappa shape index (κ2) is 8.30. The molecule has 0 bridgehead atoms. The van der Waals surface area contributed by atoms with E-state index in [2.05, 4.69) is 72.4 Å². The van der Waals surface area contributed by atoms with Gasteiger partial charge < -0.3 is 0 Å². The summed E-state index contributed by atoms with van der Waals surface area (Å²) in [5, 5.41) is 3.40. The largest absolute Gasteiger partial charge is 0.0985 e. The molecule has 2 heteroatoms. The Morgan fingerprint density at radius 3 is 1.59 bits per heavy atom. The molecule has 0 spiro atoms. The van der Waals surface area contributed by atoms with Crippen LogP contribution in [0.15, 0.2) is 24.8 Å². The standard InChI is InChI=1S/C20H36Si2/c1-8-18-15-16-19(21(9-2,10-3)11-4)17-20(18)22(12-5,13-6)14-7/h8,15-17H,1,9-14H2,2-7H3. The van der Waals surface area contributed by atoms with Crippen LogP contribution < -0.4 is 10.4 Å². The van der Waals surface area contributed by atoms with Gasteiger partial charge >= 0.3 is 0 Å². The van der Waals surface area contributed by atoms with Gasteiger partial charge in [-0.25, -0.2) is 0 Å². The van der Waals surface area contributed by atoms with E-state index >= 15 is 0 Å². The topological polar surface area (TPSA) is 0 Å². The van der Waals surface area contributed by atoms with Gasteiger partial charge in [-0.2, -0.15) is 0 Å². The highest BCUT2D eigenvalue weighted by Crippen LogP contribution is 2.25. The Balaban J connectivity index is 3.57. The van der Waals surface area contributed by atoms with Crippen LogP contribution in [0.2, 0.25) is 36.3 Å². The summed E-state index contributed by atoms with van der Waals surface area (Å²) in [5.74, 6) is 0. The summed E-state index contributed by atoms with van der Waals surface area (Å²) in [6.45, 7) is 18.5. The van der Waals surface area contributed by atoms with E-state index in [1.54, 1.807) is 10.4 Å². The smallest absolute Gasteiger partial charge is 0.0866 e. The number of rotatable bonds is 9. The molecule has 0 heterocycles. The first-order chi connectivity index (χ1) is 10.5. The maximum absolute atomic E-state index is 4.09. The van der Waals surface area contributed by atoms with E-state index in [4.69, 9.17) is 0 Å². The van der Waals surface area contributed by atoms with E-state index in [9.17, 15) is 0 Å². The Morgan fingerprint density at radius 2 is 1.23 bits per heavy atom. The molecule has 1 aromatic rings. The van der Waals surface area contributed by atoms with Gasteiger partial charge in [0.2, 0.25) is 0 Å². The first-order valence-electron chi connectivity index (χ1n) is 9.30. The van der Waals surface area contributed by atoms with Crippen molar-refractivity contribution in [2.45, 2.75) is 77.8 Å². The molecule has 0 saturated carbocycles. The normalized spacial score (nSPS) is 12.5. The molecule has 0 aromatic heterocycles. The lowest BCUT2D eigenvalue weighted by Gasteiger charge is -2.34. The van der Waals surface area contributed by atoms with Crippen LogP contribution in [0.5, 0.6) is 0 Å². The average Bonchev–Trinajstić information content (AvgIpc) is 2.59. The Hall–Kier alpha value is -0.606. The molecule has 0 saturated heterocycles. The lowest BCUT2D eigenvalue weighted by molar-refractivity contribution is 1.19. The molecule has 0 amide bonds. The highest BCUT2D eigenvalue weighted by molar-refractivity contribution is 6.94. The molecule has 0 fully saturated rings. The summed E-state index contributed by atoms with van der Waals surface area (Å²) in [6.07, 6.45) is 2.09. The fourth-order valence-electron chi connectivity index (χ4n) is 4.21. The van der Waals surface area contributed by atoms with Crippen molar-refractivity contribution in [2.24, 2.45) is 0 Å². The molecular weight excluding hydrogens is 296 g/mol. The van der Waals surface area contributed by atoms with Gasteiger partial charge in [-0.05, 0) is 5.56 Å². The minimum Gasteiger partial charge on any atom is -0.0985 e. The van der Waals surface area contributed by atoms with E-state index in [0.717, 1.165) is 0 Å². The van der Waals surface area contributed by atoms with Crippen molar-refractivity contribution in [3.8, 4) is 0 Å². The van der Waals surface area contributed by atoms with E-state index in [1.807, 2.05) is 0 Å². The zero-order chi connectivity index (χ0) is 16.8. The summed E-state index contributed by atoms with van der Waals surface area (Å²) in [6, 6.07) is 15.6. The quantitative estimate of drug-likeness (QED) is 0.504. The SMILES string of the molecule is C=Cc1ccc([Si](CC)(CC)CC)cc1[Si](CC)(CC)CC. The molecular formula is C20H36Si2. The van der Waals surface area contributed by atoms with Gasteiger partial charge in [0.05, 0.1) is 16.1 Å². The Labute approximate surface area is 141 Å². The molecule has 0 unspecified atom stereocenters. The Bertz CT molecular complexity index is 466. The Kier molecular flexibility index (Phi) is 7.34. The third kappa shape index (κ3) is 3.33. The van der Waals surface area contributed by atoms with E-state index in [0.29, 0.717) is 0 Å². The van der Waals surface area contributed by atoms with Gasteiger partial charge in [-0.15, -0.1) is 0 Å². The molecule has 0 nitrogen and oxygen atoms in total. The highest BCUT2D eigenvalue weighted by atomic mass is 28.3. The zero-order valence-electron chi connectivity index (χ0n) is 15.8. The predicted octanol–water partition coefficient (Wildman–Crippen LogP) is 5.76. The molecule has 0 atom stereocenters. The highest BCUT2D eigenvalue weighted by Gasteiger charge is 2.34. The third-order valence-electron chi connectivity index (χ3n) is 6.52. The lowest BCUT2D eigenvalue weighted by Crippen LogP contribution is -2.52. The van der Waals surface area contributed by atoms with Crippen molar-refractivity contribution in [1.82, 2.24) is 0 Å². The molecule has 0 aliphatic rings. The number of hydrogen-bond donors (Lipinski definition) is 0. The summed E-state index contributed by atoms with van der Waals surface area (Å²) in [5.41, 5.74) is 1.41. The molecule has 0 radical (unpaired) electrons. The molecule has 1 aromatic carbocycles. The first kappa shape index (κ1) is 19.4. The van der Waals surface area contributed by atoms with Crippen LogP contribution in [0.3, 0.4) is 0 Å². The molecule has 0 aliphatic heterocycles. The molecule has 0 aliphatic carbocycles. The molecule has 22 heavy (non-hydrogen) atoms. The number of hydrogen-bond acceptors (Lipinski definition) is 0. The maximum atomic E-state index is 4.09. The van der Waals surface area contributed by atoms with Crippen LogP contribution in [-0.4, -0.2) is 16.1 Å². The van der Waals surface area contributed by atoms with Crippen molar-refractivity contribution in [3.63, 3.8) is 0 Å². The van der Waals surface area contributed by atoms with Crippen LogP contribution in [-0.2, 0) is 0 Å². The minimum atomic E-state index is -1.36. The van der Waals surface area contributed by atoms with Crippen molar-refractivity contribution in [1.29, 1.82) is 0 Å². The van der Waals surface area contributed by atoms with Gasteiger partial charge in [-0.1, -0.05) is 119 Å². The van der Waals surface area contributed by atoms with Crippen LogP contribution >= 0.6 is 0 Å². The van der Waals surface area contributed by atoms with Crippen LogP contribution in [0.4, 0.5) is 0 Å². The second-order valence-corrected chi connectivity index (χ2v) is 17.2. The monoisotopic (exact) mass is 332 g/mol. The predicted molar refractivity (Wildman–Crippen MR) is 110 cm³/mol.